The second-order valence-electron chi connectivity index (χ2n) is 6.58. The third-order valence-corrected chi connectivity index (χ3v) is 8.31. The zero-order valence-electron chi connectivity index (χ0n) is 15.9. The summed E-state index contributed by atoms with van der Waals surface area (Å²) in [5.74, 6) is 0.461. The van der Waals surface area contributed by atoms with Gasteiger partial charge in [0.15, 0.2) is 6.54 Å². The largest absolute Gasteiger partial charge is 0.748 e. The van der Waals surface area contributed by atoms with Crippen molar-refractivity contribution in [3.8, 4) is 5.75 Å². The number of rotatable bonds is 7. The van der Waals surface area contributed by atoms with Gasteiger partial charge in [-0.1, -0.05) is 11.3 Å². The third-order valence-electron chi connectivity index (χ3n) is 4.54. The molecule has 3 aromatic heterocycles. The van der Waals surface area contributed by atoms with E-state index in [0.29, 0.717) is 6.54 Å². The molecular formula is C20H19NO4S4. The standard InChI is InChI=1S/C20H19NO4S4/c1-13-4-5-14(27-13)6-7-18-21(9-3-11-29(22,23)24)19-17(28-18)12-16(25-2)15-8-10-26-20(15)19/h4-8,10,12H,3,9,11H2,1-2H3/b7-6+. The highest BCUT2D eigenvalue weighted by Gasteiger charge is 2.24. The van der Waals surface area contributed by atoms with Gasteiger partial charge < -0.3 is 9.29 Å². The molecule has 0 aliphatic heterocycles. The van der Waals surface area contributed by atoms with E-state index in [1.807, 2.05) is 17.5 Å². The van der Waals surface area contributed by atoms with E-state index < -0.39 is 10.1 Å². The molecule has 0 aliphatic rings. The van der Waals surface area contributed by atoms with Crippen LogP contribution in [0.15, 0.2) is 29.6 Å². The maximum Gasteiger partial charge on any atom is 0.262 e. The van der Waals surface area contributed by atoms with Crippen molar-refractivity contribution in [1.29, 1.82) is 0 Å². The van der Waals surface area contributed by atoms with Crippen LogP contribution in [0.3, 0.4) is 0 Å². The van der Waals surface area contributed by atoms with E-state index in [-0.39, 0.29) is 12.2 Å². The zero-order chi connectivity index (χ0) is 20.6. The predicted octanol–water partition coefficient (Wildman–Crippen LogP) is 4.89. The van der Waals surface area contributed by atoms with Crippen LogP contribution < -0.4 is 9.30 Å². The van der Waals surface area contributed by atoms with Crippen molar-refractivity contribution >= 4 is 76.6 Å². The van der Waals surface area contributed by atoms with Gasteiger partial charge in [-0.15, -0.1) is 22.7 Å². The van der Waals surface area contributed by atoms with Crippen LogP contribution in [-0.2, 0) is 16.7 Å². The molecule has 4 aromatic rings. The molecule has 0 aliphatic carbocycles. The average molecular weight is 466 g/mol. The number of aryl methyl sites for hydroxylation is 2. The number of aromatic nitrogens is 1. The van der Waals surface area contributed by atoms with Gasteiger partial charge in [0.2, 0.25) is 5.52 Å². The molecule has 5 nitrogen and oxygen atoms in total. The van der Waals surface area contributed by atoms with E-state index in [1.165, 1.54) is 4.88 Å². The molecule has 1 aromatic carbocycles. The van der Waals surface area contributed by atoms with Crippen LogP contribution in [0.25, 0.3) is 32.5 Å². The molecule has 152 valence electrons. The molecule has 0 radical (unpaired) electrons. The number of nitrogens with zero attached hydrogens (tertiary/aromatic N) is 1. The molecule has 0 saturated heterocycles. The molecule has 0 amide bonds. The maximum absolute atomic E-state index is 11.1. The van der Waals surface area contributed by atoms with Crippen LogP contribution in [0.2, 0.25) is 0 Å². The lowest BCUT2D eigenvalue weighted by molar-refractivity contribution is -0.667. The second kappa shape index (κ2) is 8.16. The average Bonchev–Trinajstić information content (AvgIpc) is 3.36. The van der Waals surface area contributed by atoms with Gasteiger partial charge >= 0.3 is 0 Å². The quantitative estimate of drug-likeness (QED) is 0.288. The normalized spacial score (nSPS) is 12.5. The van der Waals surface area contributed by atoms with Gasteiger partial charge in [0, 0.05) is 39.5 Å². The molecular weight excluding hydrogens is 446 g/mol. The summed E-state index contributed by atoms with van der Waals surface area (Å²) < 4.78 is 43.1. The van der Waals surface area contributed by atoms with E-state index in [0.717, 1.165) is 35.9 Å². The van der Waals surface area contributed by atoms with E-state index in [2.05, 4.69) is 35.8 Å². The Labute approximate surface area is 181 Å². The Morgan fingerprint density at radius 2 is 2.03 bits per heavy atom. The number of thiazole rings is 1. The first-order valence-corrected chi connectivity index (χ1v) is 13.0. The first kappa shape index (κ1) is 20.5. The summed E-state index contributed by atoms with van der Waals surface area (Å²) in [6.07, 6.45) is 4.42. The molecule has 0 atom stereocenters. The highest BCUT2D eigenvalue weighted by Crippen LogP contribution is 2.38. The molecule has 0 N–H and O–H groups in total. The monoisotopic (exact) mass is 465 g/mol. The van der Waals surface area contributed by atoms with Crippen LogP contribution in [0, 0.1) is 6.92 Å². The lowest BCUT2D eigenvalue weighted by atomic mass is 10.2. The SMILES string of the molecule is COc1cc2sc(/C=C/c3ccc(C)s3)[n+](CCCS(=O)(=O)[O-])c2c2sccc12. The fraction of sp³-hybridized carbons (Fsp3) is 0.250. The van der Waals surface area contributed by atoms with Gasteiger partial charge in [0.05, 0.1) is 17.2 Å². The molecule has 4 rings (SSSR count). The Kier molecular flexibility index (Phi) is 5.76. The molecule has 0 unspecified atom stereocenters. The number of methoxy groups -OCH3 is 1. The molecule has 0 bridgehead atoms. The lowest BCUT2D eigenvalue weighted by Gasteiger charge is -2.05. The van der Waals surface area contributed by atoms with Crippen LogP contribution in [0.1, 0.15) is 21.2 Å². The Hall–Kier alpha value is -1.78. The van der Waals surface area contributed by atoms with Crippen molar-refractivity contribution < 1.29 is 22.3 Å². The fourth-order valence-electron chi connectivity index (χ4n) is 3.29. The Balaban J connectivity index is 1.84. The molecule has 0 spiro atoms. The summed E-state index contributed by atoms with van der Waals surface area (Å²) in [5, 5.41) is 4.08. The minimum absolute atomic E-state index is 0.278. The van der Waals surface area contributed by atoms with Crippen LogP contribution in [-0.4, -0.2) is 25.8 Å². The zero-order valence-corrected chi connectivity index (χ0v) is 19.1. The van der Waals surface area contributed by atoms with Gasteiger partial charge in [-0.2, -0.15) is 4.57 Å². The Bertz CT molecular complexity index is 1310. The first-order chi connectivity index (χ1) is 13.9. The summed E-state index contributed by atoms with van der Waals surface area (Å²) >= 11 is 4.99. The molecule has 9 heteroatoms. The number of hydrogen-bond acceptors (Lipinski definition) is 7. The minimum Gasteiger partial charge on any atom is -0.748 e. The van der Waals surface area contributed by atoms with Crippen molar-refractivity contribution in [2.45, 2.75) is 19.9 Å². The van der Waals surface area contributed by atoms with Crippen LogP contribution in [0.5, 0.6) is 5.75 Å². The lowest BCUT2D eigenvalue weighted by Crippen LogP contribution is -2.36. The molecule has 0 fully saturated rings. The molecule has 0 saturated carbocycles. The topological polar surface area (TPSA) is 70.3 Å². The first-order valence-electron chi connectivity index (χ1n) is 8.94. The van der Waals surface area contributed by atoms with E-state index in [1.54, 1.807) is 41.1 Å². The summed E-state index contributed by atoms with van der Waals surface area (Å²) in [6.45, 7) is 2.54. The van der Waals surface area contributed by atoms with E-state index in [9.17, 15) is 13.0 Å². The summed E-state index contributed by atoms with van der Waals surface area (Å²) in [5.41, 5.74) is 1.06. The highest BCUT2D eigenvalue weighted by molar-refractivity contribution is 7.85. The Morgan fingerprint density at radius 1 is 1.21 bits per heavy atom. The summed E-state index contributed by atoms with van der Waals surface area (Å²) in [6, 6.07) is 8.23. The number of hydrogen-bond donors (Lipinski definition) is 0. The Morgan fingerprint density at radius 3 is 2.72 bits per heavy atom. The van der Waals surface area contributed by atoms with Gasteiger partial charge in [0.1, 0.15) is 15.1 Å². The summed E-state index contributed by atoms with van der Waals surface area (Å²) in [7, 11) is -2.57. The number of benzene rings is 1. The van der Waals surface area contributed by atoms with Gasteiger partial charge in [-0.05, 0) is 36.6 Å². The van der Waals surface area contributed by atoms with Gasteiger partial charge in [0.25, 0.3) is 5.01 Å². The highest BCUT2D eigenvalue weighted by atomic mass is 32.2. The maximum atomic E-state index is 11.1. The number of thiophene rings is 2. The van der Waals surface area contributed by atoms with E-state index in [4.69, 9.17) is 4.74 Å². The van der Waals surface area contributed by atoms with Crippen LogP contribution in [0.4, 0.5) is 0 Å². The number of fused-ring (bicyclic) bond motifs is 3. The molecule has 3 heterocycles. The second-order valence-corrected chi connectivity index (χ2v) is 11.4. The van der Waals surface area contributed by atoms with E-state index >= 15 is 0 Å². The van der Waals surface area contributed by atoms with Gasteiger partial charge in [-0.25, -0.2) is 8.42 Å². The summed E-state index contributed by atoms with van der Waals surface area (Å²) in [4.78, 5) is 2.41. The van der Waals surface area contributed by atoms with Crippen molar-refractivity contribution in [2.75, 3.05) is 12.9 Å². The smallest absolute Gasteiger partial charge is 0.262 e. The molecule has 29 heavy (non-hydrogen) atoms. The van der Waals surface area contributed by atoms with Crippen molar-refractivity contribution in [1.82, 2.24) is 0 Å². The van der Waals surface area contributed by atoms with Crippen molar-refractivity contribution in [2.24, 2.45) is 0 Å². The van der Waals surface area contributed by atoms with Crippen molar-refractivity contribution in [3.63, 3.8) is 0 Å². The fourth-order valence-corrected chi connectivity index (χ4v) is 6.71. The third kappa shape index (κ3) is 4.39. The predicted molar refractivity (Wildman–Crippen MR) is 121 cm³/mol. The minimum atomic E-state index is -4.23. The van der Waals surface area contributed by atoms with Crippen LogP contribution >= 0.6 is 34.0 Å². The number of ether oxygens (including phenoxy) is 1. The van der Waals surface area contributed by atoms with Gasteiger partial charge in [-0.3, -0.25) is 0 Å². The van der Waals surface area contributed by atoms with Crippen molar-refractivity contribution in [3.05, 3.63) is 44.4 Å².